The maximum absolute atomic E-state index is 11.5. The standard InChI is InChI=1S/C28H25NO6/c1-33-25-10-6-17(13-23(25)28(31)32)12-19-15-35-26-11-9-21(14-22(26)27(19)30)34-16-20-8-7-18-4-2-3-5-24(18)29-20/h2-11,13-14,19,27,30H,12,15-16H2,1H3,(H,31,32)/t19-,27-/m0/s1. The summed E-state index contributed by atoms with van der Waals surface area (Å²) in [4.78, 5) is 16.2. The van der Waals surface area contributed by atoms with E-state index >= 15 is 0 Å². The molecule has 2 N–H and O–H groups in total. The van der Waals surface area contributed by atoms with Crippen LogP contribution in [0.4, 0.5) is 0 Å². The van der Waals surface area contributed by atoms with Gasteiger partial charge in [0.25, 0.3) is 0 Å². The second kappa shape index (κ2) is 9.64. The van der Waals surface area contributed by atoms with E-state index in [0.717, 1.165) is 22.2 Å². The van der Waals surface area contributed by atoms with Crippen molar-refractivity contribution in [2.75, 3.05) is 13.7 Å². The number of aromatic nitrogens is 1. The fourth-order valence-corrected chi connectivity index (χ4v) is 4.39. The Morgan fingerprint density at radius 2 is 1.94 bits per heavy atom. The molecule has 1 aliphatic rings. The lowest BCUT2D eigenvalue weighted by Gasteiger charge is -2.31. The molecule has 1 aromatic heterocycles. The van der Waals surface area contributed by atoms with Crippen LogP contribution in [-0.2, 0) is 13.0 Å². The van der Waals surface area contributed by atoms with Gasteiger partial charge in [0.2, 0.25) is 0 Å². The molecule has 35 heavy (non-hydrogen) atoms. The van der Waals surface area contributed by atoms with E-state index in [2.05, 4.69) is 4.98 Å². The molecule has 0 spiro atoms. The number of methoxy groups -OCH3 is 1. The van der Waals surface area contributed by atoms with Crippen molar-refractivity contribution in [3.8, 4) is 17.2 Å². The number of ether oxygens (including phenoxy) is 3. The Bertz CT molecular complexity index is 1390. The summed E-state index contributed by atoms with van der Waals surface area (Å²) in [5, 5.41) is 21.6. The molecule has 3 aromatic carbocycles. The molecule has 0 radical (unpaired) electrons. The first kappa shape index (κ1) is 22.7. The van der Waals surface area contributed by atoms with Crippen LogP contribution in [0.2, 0.25) is 0 Å². The van der Waals surface area contributed by atoms with Gasteiger partial charge in [0.05, 0.1) is 31.0 Å². The second-order valence-electron chi connectivity index (χ2n) is 8.54. The molecule has 178 valence electrons. The average molecular weight is 472 g/mol. The van der Waals surface area contributed by atoms with E-state index in [9.17, 15) is 15.0 Å². The zero-order valence-electron chi connectivity index (χ0n) is 19.2. The summed E-state index contributed by atoms with van der Waals surface area (Å²) in [6, 6.07) is 22.3. The third-order valence-electron chi connectivity index (χ3n) is 6.23. The van der Waals surface area contributed by atoms with E-state index in [-0.39, 0.29) is 11.5 Å². The molecule has 0 fully saturated rings. The highest BCUT2D eigenvalue weighted by Gasteiger charge is 2.30. The van der Waals surface area contributed by atoms with E-state index in [0.29, 0.717) is 42.4 Å². The van der Waals surface area contributed by atoms with Gasteiger partial charge in [-0.2, -0.15) is 0 Å². The van der Waals surface area contributed by atoms with E-state index in [4.69, 9.17) is 14.2 Å². The average Bonchev–Trinajstić information content (AvgIpc) is 2.89. The predicted octanol–water partition coefficient (Wildman–Crippen LogP) is 4.81. The van der Waals surface area contributed by atoms with Gasteiger partial charge in [-0.15, -0.1) is 0 Å². The molecular formula is C28H25NO6. The number of rotatable bonds is 7. The van der Waals surface area contributed by atoms with Gasteiger partial charge in [-0.1, -0.05) is 30.3 Å². The Morgan fingerprint density at radius 3 is 2.77 bits per heavy atom. The van der Waals surface area contributed by atoms with Crippen LogP contribution in [0, 0.1) is 5.92 Å². The number of carboxylic acids is 1. The first-order valence-corrected chi connectivity index (χ1v) is 11.3. The van der Waals surface area contributed by atoms with Crippen LogP contribution in [0.25, 0.3) is 10.9 Å². The smallest absolute Gasteiger partial charge is 0.339 e. The van der Waals surface area contributed by atoms with Crippen LogP contribution in [0.3, 0.4) is 0 Å². The molecule has 2 heterocycles. The van der Waals surface area contributed by atoms with Crippen molar-refractivity contribution in [3.63, 3.8) is 0 Å². The fraction of sp³-hybridized carbons (Fsp3) is 0.214. The summed E-state index contributed by atoms with van der Waals surface area (Å²) < 4.78 is 17.0. The predicted molar refractivity (Wildman–Crippen MR) is 130 cm³/mol. The normalized spacial score (nSPS) is 16.9. The lowest BCUT2D eigenvalue weighted by atomic mass is 9.87. The molecule has 5 rings (SSSR count). The van der Waals surface area contributed by atoms with Crippen LogP contribution in [-0.4, -0.2) is 34.9 Å². The Kier molecular flexibility index (Phi) is 6.25. The summed E-state index contributed by atoms with van der Waals surface area (Å²) in [6.45, 7) is 0.623. The SMILES string of the molecule is COc1ccc(C[C@H]2COc3ccc(OCc4ccc5ccccc5n4)cc3[C@H]2O)cc1C(=O)O. The lowest BCUT2D eigenvalue weighted by Crippen LogP contribution is -2.27. The van der Waals surface area contributed by atoms with E-state index < -0.39 is 12.1 Å². The molecule has 7 nitrogen and oxygen atoms in total. The summed E-state index contributed by atoms with van der Waals surface area (Å²) >= 11 is 0. The van der Waals surface area contributed by atoms with Crippen molar-refractivity contribution in [2.24, 2.45) is 5.92 Å². The van der Waals surface area contributed by atoms with Gasteiger partial charge in [-0.25, -0.2) is 9.78 Å². The Morgan fingerprint density at radius 1 is 1.09 bits per heavy atom. The number of benzene rings is 3. The third kappa shape index (κ3) is 4.76. The number of aliphatic hydroxyl groups excluding tert-OH is 1. The number of carbonyl (C=O) groups is 1. The minimum absolute atomic E-state index is 0.0922. The first-order chi connectivity index (χ1) is 17.0. The van der Waals surface area contributed by atoms with Crippen LogP contribution in [0.5, 0.6) is 17.2 Å². The maximum Gasteiger partial charge on any atom is 0.339 e. The molecule has 0 unspecified atom stereocenters. The number of nitrogens with zero attached hydrogens (tertiary/aromatic N) is 1. The highest BCUT2D eigenvalue weighted by molar-refractivity contribution is 5.91. The van der Waals surface area contributed by atoms with Crippen molar-refractivity contribution >= 4 is 16.9 Å². The Hall–Kier alpha value is -4.10. The monoisotopic (exact) mass is 471 g/mol. The number of hydrogen-bond donors (Lipinski definition) is 2. The van der Waals surface area contributed by atoms with Crippen molar-refractivity contribution in [3.05, 3.63) is 95.2 Å². The summed E-state index contributed by atoms with van der Waals surface area (Å²) in [6.07, 6.45) is -0.326. The summed E-state index contributed by atoms with van der Waals surface area (Å²) in [5.74, 6) is 0.229. The van der Waals surface area contributed by atoms with Crippen LogP contribution in [0.15, 0.2) is 72.8 Å². The van der Waals surface area contributed by atoms with E-state index in [1.807, 2.05) is 48.5 Å². The molecule has 0 bridgehead atoms. The Labute approximate surface area is 202 Å². The van der Waals surface area contributed by atoms with Crippen molar-refractivity contribution in [1.82, 2.24) is 4.98 Å². The van der Waals surface area contributed by atoms with Gasteiger partial charge in [-0.05, 0) is 54.4 Å². The molecule has 4 aromatic rings. The topological polar surface area (TPSA) is 98.1 Å². The quantitative estimate of drug-likeness (QED) is 0.399. The number of pyridine rings is 1. The number of aromatic carboxylic acids is 1. The summed E-state index contributed by atoms with van der Waals surface area (Å²) in [7, 11) is 1.44. The highest BCUT2D eigenvalue weighted by atomic mass is 16.5. The zero-order valence-corrected chi connectivity index (χ0v) is 19.2. The largest absolute Gasteiger partial charge is 0.496 e. The number of fused-ring (bicyclic) bond motifs is 2. The minimum atomic E-state index is -1.06. The molecule has 2 atom stereocenters. The number of carboxylic acid groups (broad SMARTS) is 1. The van der Waals surface area contributed by atoms with Gasteiger partial charge in [0.1, 0.15) is 29.4 Å². The van der Waals surface area contributed by atoms with Gasteiger partial charge < -0.3 is 24.4 Å². The van der Waals surface area contributed by atoms with Crippen LogP contribution < -0.4 is 14.2 Å². The third-order valence-corrected chi connectivity index (χ3v) is 6.23. The van der Waals surface area contributed by atoms with Gasteiger partial charge in [0, 0.05) is 16.9 Å². The molecule has 0 amide bonds. The molecule has 7 heteroatoms. The van der Waals surface area contributed by atoms with Crippen molar-refractivity contribution in [1.29, 1.82) is 0 Å². The molecule has 0 aliphatic carbocycles. The number of aliphatic hydroxyl groups is 1. The second-order valence-corrected chi connectivity index (χ2v) is 8.54. The van der Waals surface area contributed by atoms with Crippen molar-refractivity contribution < 1.29 is 29.2 Å². The minimum Gasteiger partial charge on any atom is -0.496 e. The van der Waals surface area contributed by atoms with E-state index in [1.54, 1.807) is 24.3 Å². The zero-order chi connectivity index (χ0) is 24.4. The number of para-hydroxylation sites is 1. The van der Waals surface area contributed by atoms with Gasteiger partial charge >= 0.3 is 5.97 Å². The number of hydrogen-bond acceptors (Lipinski definition) is 6. The summed E-state index contributed by atoms with van der Waals surface area (Å²) in [5.41, 5.74) is 3.25. The lowest BCUT2D eigenvalue weighted by molar-refractivity contribution is 0.0504. The Balaban J connectivity index is 1.30. The molecular weight excluding hydrogens is 446 g/mol. The van der Waals surface area contributed by atoms with Crippen molar-refractivity contribution in [2.45, 2.75) is 19.1 Å². The highest BCUT2D eigenvalue weighted by Crippen LogP contribution is 2.39. The maximum atomic E-state index is 11.5. The fourth-order valence-electron chi connectivity index (χ4n) is 4.39. The van der Waals surface area contributed by atoms with Gasteiger partial charge in [-0.3, -0.25) is 0 Å². The van der Waals surface area contributed by atoms with Crippen LogP contribution in [0.1, 0.15) is 33.3 Å². The molecule has 1 aliphatic heterocycles. The van der Waals surface area contributed by atoms with E-state index in [1.165, 1.54) is 7.11 Å². The molecule has 0 saturated heterocycles. The molecule has 0 saturated carbocycles. The van der Waals surface area contributed by atoms with Gasteiger partial charge in [0.15, 0.2) is 0 Å². The van der Waals surface area contributed by atoms with Crippen LogP contribution >= 0.6 is 0 Å². The first-order valence-electron chi connectivity index (χ1n) is 11.3.